The normalized spacial score (nSPS) is 20.2. The Morgan fingerprint density at radius 2 is 2.11 bits per heavy atom. The molecule has 0 amide bonds. The zero-order valence-corrected chi connectivity index (χ0v) is 18.1. The molecular formula is C21H16BrClN2O2S. The monoisotopic (exact) mass is 474 g/mol. The zero-order valence-electron chi connectivity index (χ0n) is 14.9. The van der Waals surface area contributed by atoms with Crippen molar-refractivity contribution < 1.29 is 9.47 Å². The topological polar surface area (TPSA) is 34.1 Å². The smallest absolute Gasteiger partial charge is 0.217 e. The second-order valence-electron chi connectivity index (χ2n) is 6.66. The first-order valence-corrected chi connectivity index (χ1v) is 10.9. The molecule has 0 fully saturated rings. The van der Waals surface area contributed by atoms with E-state index >= 15 is 0 Å². The fourth-order valence-corrected chi connectivity index (χ4v) is 5.03. The second kappa shape index (κ2) is 7.10. The first-order valence-electron chi connectivity index (χ1n) is 8.83. The van der Waals surface area contributed by atoms with Gasteiger partial charge in [-0.2, -0.15) is 5.10 Å². The van der Waals surface area contributed by atoms with Crippen molar-refractivity contribution in [3.63, 3.8) is 0 Å². The molecule has 28 heavy (non-hydrogen) atoms. The molecule has 0 N–H and O–H groups in total. The highest BCUT2D eigenvalue weighted by Crippen LogP contribution is 2.49. The van der Waals surface area contributed by atoms with Crippen LogP contribution in [0.4, 0.5) is 0 Å². The van der Waals surface area contributed by atoms with Gasteiger partial charge in [-0.3, -0.25) is 0 Å². The molecule has 4 nitrogen and oxygen atoms in total. The number of methoxy groups -OCH3 is 1. The maximum absolute atomic E-state index is 6.41. The Labute approximate surface area is 180 Å². The van der Waals surface area contributed by atoms with Gasteiger partial charge < -0.3 is 9.47 Å². The number of hydrazone groups is 1. The number of halogens is 2. The summed E-state index contributed by atoms with van der Waals surface area (Å²) in [7, 11) is 1.67. The molecule has 3 heterocycles. The summed E-state index contributed by atoms with van der Waals surface area (Å²) in [6.45, 7) is 0. The zero-order chi connectivity index (χ0) is 19.3. The summed E-state index contributed by atoms with van der Waals surface area (Å²) in [5, 5.41) is 9.78. The summed E-state index contributed by atoms with van der Waals surface area (Å²) in [5.74, 6) is 1.60. The molecule has 2 aromatic carbocycles. The van der Waals surface area contributed by atoms with E-state index in [0.29, 0.717) is 5.02 Å². The number of hydrogen-bond donors (Lipinski definition) is 0. The quantitative estimate of drug-likeness (QED) is 0.438. The molecule has 2 aliphatic heterocycles. The minimum absolute atomic E-state index is 0.0632. The molecule has 0 spiro atoms. The fraction of sp³-hybridized carbons (Fsp3) is 0.190. The van der Waals surface area contributed by atoms with Crippen molar-refractivity contribution in [2.45, 2.75) is 18.7 Å². The van der Waals surface area contributed by atoms with Gasteiger partial charge in [0.05, 0.1) is 29.3 Å². The van der Waals surface area contributed by atoms with Crippen LogP contribution in [0.5, 0.6) is 11.5 Å². The van der Waals surface area contributed by atoms with E-state index in [1.165, 1.54) is 4.88 Å². The molecule has 0 radical (unpaired) electrons. The predicted molar refractivity (Wildman–Crippen MR) is 116 cm³/mol. The average molecular weight is 476 g/mol. The van der Waals surface area contributed by atoms with Crippen molar-refractivity contribution in [2.75, 3.05) is 7.11 Å². The van der Waals surface area contributed by atoms with Crippen LogP contribution in [0.15, 0.2) is 63.5 Å². The second-order valence-corrected chi connectivity index (χ2v) is 8.96. The van der Waals surface area contributed by atoms with E-state index < -0.39 is 0 Å². The van der Waals surface area contributed by atoms with E-state index in [2.05, 4.69) is 33.4 Å². The minimum atomic E-state index is -0.386. The van der Waals surface area contributed by atoms with Gasteiger partial charge in [-0.1, -0.05) is 33.6 Å². The van der Waals surface area contributed by atoms with Gasteiger partial charge in [0.2, 0.25) is 6.23 Å². The van der Waals surface area contributed by atoms with Crippen LogP contribution in [0.1, 0.15) is 34.7 Å². The summed E-state index contributed by atoms with van der Waals surface area (Å²) >= 11 is 11.6. The molecule has 2 aliphatic rings. The Balaban J connectivity index is 1.65. The molecular weight excluding hydrogens is 460 g/mol. The number of nitrogens with zero attached hydrogens (tertiary/aromatic N) is 2. The average Bonchev–Trinajstić information content (AvgIpc) is 3.37. The Morgan fingerprint density at radius 3 is 2.89 bits per heavy atom. The van der Waals surface area contributed by atoms with Crippen molar-refractivity contribution in [2.24, 2.45) is 5.10 Å². The third kappa shape index (κ3) is 3.00. The van der Waals surface area contributed by atoms with Gasteiger partial charge in [0, 0.05) is 21.5 Å². The molecule has 3 aromatic rings. The summed E-state index contributed by atoms with van der Waals surface area (Å²) in [5.41, 5.74) is 3.06. The minimum Gasteiger partial charge on any atom is -0.496 e. The van der Waals surface area contributed by atoms with Gasteiger partial charge in [-0.05, 0) is 47.8 Å². The van der Waals surface area contributed by atoms with Crippen LogP contribution in [-0.4, -0.2) is 17.8 Å². The predicted octanol–water partition coefficient (Wildman–Crippen LogP) is 6.41. The lowest BCUT2D eigenvalue weighted by molar-refractivity contribution is -0.0203. The van der Waals surface area contributed by atoms with Gasteiger partial charge in [-0.25, -0.2) is 5.01 Å². The van der Waals surface area contributed by atoms with Crippen molar-refractivity contribution >= 4 is 44.6 Å². The number of rotatable bonds is 3. The summed E-state index contributed by atoms with van der Waals surface area (Å²) < 4.78 is 13.0. The SMILES string of the molecule is COc1ccc(Br)cc1[C@H]1Oc2ccc(Cl)cc2[C@H]2CC(c3cccs3)=NN21. The van der Waals surface area contributed by atoms with E-state index in [-0.39, 0.29) is 12.3 Å². The van der Waals surface area contributed by atoms with Crippen LogP contribution in [0.25, 0.3) is 0 Å². The van der Waals surface area contributed by atoms with E-state index in [1.807, 2.05) is 41.4 Å². The first-order chi connectivity index (χ1) is 13.6. The number of hydrogen-bond acceptors (Lipinski definition) is 5. The summed E-state index contributed by atoms with van der Waals surface area (Å²) in [4.78, 5) is 1.18. The van der Waals surface area contributed by atoms with Crippen molar-refractivity contribution in [1.29, 1.82) is 0 Å². The first kappa shape index (κ1) is 18.0. The largest absolute Gasteiger partial charge is 0.496 e. The molecule has 1 aromatic heterocycles. The van der Waals surface area contributed by atoms with Gasteiger partial charge in [0.1, 0.15) is 11.5 Å². The maximum atomic E-state index is 6.41. The molecule has 0 saturated heterocycles. The van der Waals surface area contributed by atoms with Crippen LogP contribution in [0, 0.1) is 0 Å². The number of fused-ring (bicyclic) bond motifs is 3. The Kier molecular flexibility index (Phi) is 4.57. The molecule has 0 bridgehead atoms. The summed E-state index contributed by atoms with van der Waals surface area (Å²) in [6, 6.07) is 15.9. The summed E-state index contributed by atoms with van der Waals surface area (Å²) in [6.07, 6.45) is 0.424. The maximum Gasteiger partial charge on any atom is 0.217 e. The van der Waals surface area contributed by atoms with Gasteiger partial charge >= 0.3 is 0 Å². The lowest BCUT2D eigenvalue weighted by Gasteiger charge is -2.38. The molecule has 5 rings (SSSR count). The molecule has 7 heteroatoms. The van der Waals surface area contributed by atoms with Crippen LogP contribution in [0.2, 0.25) is 5.02 Å². The molecule has 0 unspecified atom stereocenters. The molecule has 142 valence electrons. The van der Waals surface area contributed by atoms with E-state index in [0.717, 1.165) is 39.2 Å². The lowest BCUT2D eigenvalue weighted by Crippen LogP contribution is -2.34. The van der Waals surface area contributed by atoms with Crippen LogP contribution in [0.3, 0.4) is 0 Å². The highest BCUT2D eigenvalue weighted by Gasteiger charge is 2.42. The van der Waals surface area contributed by atoms with Gasteiger partial charge in [0.15, 0.2) is 0 Å². The van der Waals surface area contributed by atoms with Crippen molar-refractivity contribution in [3.8, 4) is 11.5 Å². The number of benzene rings is 2. The van der Waals surface area contributed by atoms with E-state index in [4.69, 9.17) is 26.2 Å². The molecule has 0 saturated carbocycles. The van der Waals surface area contributed by atoms with Crippen LogP contribution >= 0.6 is 38.9 Å². The van der Waals surface area contributed by atoms with Gasteiger partial charge in [0.25, 0.3) is 0 Å². The Bertz CT molecular complexity index is 1070. The fourth-order valence-electron chi connectivity index (χ4n) is 3.75. The van der Waals surface area contributed by atoms with Gasteiger partial charge in [-0.15, -0.1) is 11.3 Å². The number of thiophene rings is 1. The third-order valence-corrected chi connectivity index (χ3v) is 6.66. The van der Waals surface area contributed by atoms with E-state index in [9.17, 15) is 0 Å². The lowest BCUT2D eigenvalue weighted by atomic mass is 9.97. The van der Waals surface area contributed by atoms with Crippen molar-refractivity contribution in [1.82, 2.24) is 5.01 Å². The standard InChI is InChI=1S/C21H16BrClN2O2S/c1-26-18-6-4-12(22)9-15(18)21-25-17(11-16(24-25)20-3-2-8-28-20)14-10-13(23)5-7-19(14)27-21/h2-10,17,21H,11H2,1H3/t17-,21-/m1/s1. The Morgan fingerprint density at radius 1 is 1.21 bits per heavy atom. The van der Waals surface area contributed by atoms with Crippen LogP contribution in [-0.2, 0) is 0 Å². The van der Waals surface area contributed by atoms with Crippen LogP contribution < -0.4 is 9.47 Å². The molecule has 0 aliphatic carbocycles. The third-order valence-electron chi connectivity index (χ3n) is 5.02. The Hall–Kier alpha value is -2.02. The van der Waals surface area contributed by atoms with E-state index in [1.54, 1.807) is 18.4 Å². The molecule has 2 atom stereocenters. The highest BCUT2D eigenvalue weighted by molar-refractivity contribution is 9.10. The number of ether oxygens (including phenoxy) is 2. The van der Waals surface area contributed by atoms with Crippen molar-refractivity contribution in [3.05, 3.63) is 79.4 Å². The highest BCUT2D eigenvalue weighted by atomic mass is 79.9.